The average molecular weight is 1220 g/mol. The number of allylic oxidation sites excluding steroid dienone is 17. The molecule has 0 radical (unpaired) electrons. The summed E-state index contributed by atoms with van der Waals surface area (Å²) in [5.41, 5.74) is 0. The third-order valence-electron chi connectivity index (χ3n) is 16.1. The van der Waals surface area contributed by atoms with E-state index in [9.17, 15) is 35.1 Å². The summed E-state index contributed by atoms with van der Waals surface area (Å²) in [5.74, 6) is -1.22. The lowest BCUT2D eigenvalue weighted by Crippen LogP contribution is -2.61. The molecule has 0 spiro atoms. The minimum Gasteiger partial charge on any atom is -0.454 e. The van der Waals surface area contributed by atoms with Crippen molar-refractivity contribution in [2.75, 3.05) is 13.2 Å². The van der Waals surface area contributed by atoms with Gasteiger partial charge in [-0.25, -0.2) is 0 Å². The third-order valence-corrected chi connectivity index (χ3v) is 16.1. The van der Waals surface area contributed by atoms with Crippen LogP contribution in [0, 0.1) is 0 Å². The van der Waals surface area contributed by atoms with Crippen molar-refractivity contribution in [3.8, 4) is 0 Å². The highest BCUT2D eigenvalue weighted by Gasteiger charge is 2.47. The number of hydrogen-bond donors (Lipinski definition) is 6. The SMILES string of the molecule is CCCCC/C=C\C/C=C\C/C=C\C/C=C\CCCCCCCCCC(=O)OC1C(OCC(NC(=O)C(O)CCCCCCCC/C=C\C/C=C\C/C=C\C/C=C\CCCCC)C(O)/C=C/CCCCCCCCCCCCC)OC(CO)C(O)C1O. The molecular formula is C76H131NO10. The molecule has 1 saturated heterocycles. The van der Waals surface area contributed by atoms with Gasteiger partial charge in [0.05, 0.1) is 25.4 Å². The van der Waals surface area contributed by atoms with Crippen LogP contribution in [0.4, 0.5) is 0 Å². The predicted molar refractivity (Wildman–Crippen MR) is 365 cm³/mol. The van der Waals surface area contributed by atoms with E-state index in [-0.39, 0.29) is 19.4 Å². The zero-order valence-electron chi connectivity index (χ0n) is 55.6. The number of carbonyl (C=O) groups excluding carboxylic acids is 2. The van der Waals surface area contributed by atoms with E-state index in [1.54, 1.807) is 6.08 Å². The van der Waals surface area contributed by atoms with Crippen molar-refractivity contribution in [3.05, 3.63) is 109 Å². The van der Waals surface area contributed by atoms with Crippen molar-refractivity contribution in [3.63, 3.8) is 0 Å². The van der Waals surface area contributed by atoms with Crippen LogP contribution in [0.25, 0.3) is 0 Å². The van der Waals surface area contributed by atoms with E-state index in [0.29, 0.717) is 12.8 Å². The van der Waals surface area contributed by atoms with Crippen LogP contribution in [0.2, 0.25) is 0 Å². The first kappa shape index (κ1) is 81.3. The second-order valence-corrected chi connectivity index (χ2v) is 24.3. The van der Waals surface area contributed by atoms with Gasteiger partial charge in [-0.2, -0.15) is 0 Å². The summed E-state index contributed by atoms with van der Waals surface area (Å²) < 4.78 is 17.7. The number of hydrogen-bond acceptors (Lipinski definition) is 10. The molecule has 6 N–H and O–H groups in total. The zero-order valence-corrected chi connectivity index (χ0v) is 55.6. The molecule has 0 aromatic rings. The van der Waals surface area contributed by atoms with Crippen LogP contribution < -0.4 is 5.32 Å². The Balaban J connectivity index is 2.63. The molecule has 1 rings (SSSR count). The maximum atomic E-state index is 13.5. The summed E-state index contributed by atoms with van der Waals surface area (Å²) >= 11 is 0. The predicted octanol–water partition coefficient (Wildman–Crippen LogP) is 18.4. The van der Waals surface area contributed by atoms with E-state index in [0.717, 1.165) is 141 Å². The van der Waals surface area contributed by atoms with Gasteiger partial charge in [0.1, 0.15) is 24.4 Å². The smallest absolute Gasteiger partial charge is 0.306 e. The lowest BCUT2D eigenvalue weighted by atomic mass is 9.99. The minimum absolute atomic E-state index is 0.105. The minimum atomic E-state index is -1.63. The summed E-state index contributed by atoms with van der Waals surface area (Å²) in [6.07, 6.45) is 75.4. The van der Waals surface area contributed by atoms with E-state index in [1.807, 2.05) is 6.08 Å². The van der Waals surface area contributed by atoms with Crippen molar-refractivity contribution in [1.29, 1.82) is 0 Å². The molecule has 0 aromatic carbocycles. The van der Waals surface area contributed by atoms with Crippen LogP contribution in [0.3, 0.4) is 0 Å². The summed E-state index contributed by atoms with van der Waals surface area (Å²) in [7, 11) is 0. The Morgan fingerprint density at radius 3 is 1.21 bits per heavy atom. The van der Waals surface area contributed by atoms with E-state index in [1.165, 1.54) is 109 Å². The Morgan fingerprint density at radius 2 is 0.793 bits per heavy atom. The van der Waals surface area contributed by atoms with Crippen molar-refractivity contribution >= 4 is 11.9 Å². The summed E-state index contributed by atoms with van der Waals surface area (Å²) in [6, 6.07) is -1.04. The first-order valence-corrected chi connectivity index (χ1v) is 35.7. The lowest BCUT2D eigenvalue weighted by Gasteiger charge is -2.41. The number of aliphatic hydroxyl groups is 5. The molecule has 8 atom stereocenters. The summed E-state index contributed by atoms with van der Waals surface area (Å²) in [4.78, 5) is 26.7. The maximum absolute atomic E-state index is 13.5. The van der Waals surface area contributed by atoms with Crippen molar-refractivity contribution < 1.29 is 49.3 Å². The number of unbranched alkanes of at least 4 members (excludes halogenated alkanes) is 30. The largest absolute Gasteiger partial charge is 0.454 e. The molecule has 1 aliphatic rings. The standard InChI is InChI=1S/C76H131NO10/c1-4-7-10-13-16-19-22-25-27-29-31-33-35-37-39-41-43-46-49-52-55-58-61-64-71(81)87-74-73(83)72(82)70(65-78)86-76(74)85-66-67(68(79)62-59-56-53-50-47-44-24-21-18-15-12-9-6-3)77-75(84)69(80)63-60-57-54-51-48-45-42-40-38-36-34-32-30-28-26-23-20-17-14-11-8-5-2/h16-17,19-20,25-28,31-34,37-40,59,62,67-70,72-74,76,78-80,82-83H,4-15,18,21-24,29-30,35-36,41-58,60-61,63-66H2,1-3H3,(H,77,84)/b19-16-,20-17-,27-25-,28-26-,33-31-,34-32-,39-37-,40-38-,62-59+. The monoisotopic (exact) mass is 1220 g/mol. The van der Waals surface area contributed by atoms with E-state index >= 15 is 0 Å². The molecule has 87 heavy (non-hydrogen) atoms. The quantitative estimate of drug-likeness (QED) is 0.0195. The molecule has 11 heteroatoms. The summed E-state index contributed by atoms with van der Waals surface area (Å²) in [5, 5.41) is 57.3. The maximum Gasteiger partial charge on any atom is 0.306 e. The molecule has 1 fully saturated rings. The second kappa shape index (κ2) is 62.5. The number of ether oxygens (including phenoxy) is 3. The van der Waals surface area contributed by atoms with E-state index in [4.69, 9.17) is 14.2 Å². The third kappa shape index (κ3) is 49.7. The van der Waals surface area contributed by atoms with Gasteiger partial charge in [-0.3, -0.25) is 9.59 Å². The van der Waals surface area contributed by atoms with Gasteiger partial charge >= 0.3 is 5.97 Å². The second-order valence-electron chi connectivity index (χ2n) is 24.3. The van der Waals surface area contributed by atoms with Crippen molar-refractivity contribution in [2.45, 2.75) is 346 Å². The first-order chi connectivity index (χ1) is 42.7. The fourth-order valence-corrected chi connectivity index (χ4v) is 10.5. The molecule has 1 amide bonds. The van der Waals surface area contributed by atoms with Gasteiger partial charge < -0.3 is 45.1 Å². The fourth-order valence-electron chi connectivity index (χ4n) is 10.5. The number of esters is 1. The number of aliphatic hydroxyl groups excluding tert-OH is 5. The van der Waals surface area contributed by atoms with Crippen molar-refractivity contribution in [1.82, 2.24) is 5.32 Å². The Hall–Kier alpha value is -3.68. The molecule has 1 aliphatic heterocycles. The average Bonchev–Trinajstić information content (AvgIpc) is 2.32. The highest BCUT2D eigenvalue weighted by atomic mass is 16.7. The van der Waals surface area contributed by atoms with Crippen molar-refractivity contribution in [2.24, 2.45) is 0 Å². The number of nitrogens with one attached hydrogen (secondary N) is 1. The Bertz CT molecular complexity index is 1830. The van der Waals surface area contributed by atoms with Crippen LogP contribution in [0.15, 0.2) is 109 Å². The van der Waals surface area contributed by atoms with Gasteiger partial charge in [-0.1, -0.05) is 284 Å². The van der Waals surface area contributed by atoms with Crippen LogP contribution in [-0.2, 0) is 23.8 Å². The van der Waals surface area contributed by atoms with Gasteiger partial charge in [0.25, 0.3) is 0 Å². The number of rotatable bonds is 60. The number of amides is 1. The van der Waals surface area contributed by atoms with E-state index in [2.05, 4.69) is 123 Å². The summed E-state index contributed by atoms with van der Waals surface area (Å²) in [6.45, 7) is 5.74. The first-order valence-electron chi connectivity index (χ1n) is 35.7. The molecule has 8 unspecified atom stereocenters. The van der Waals surface area contributed by atoms with Gasteiger partial charge in [0.2, 0.25) is 5.91 Å². The van der Waals surface area contributed by atoms with Gasteiger partial charge in [-0.15, -0.1) is 0 Å². The molecule has 1 heterocycles. The van der Waals surface area contributed by atoms with Crippen LogP contribution in [-0.4, -0.2) is 99.6 Å². The highest BCUT2D eigenvalue weighted by Crippen LogP contribution is 2.26. The Morgan fingerprint density at radius 1 is 0.448 bits per heavy atom. The highest BCUT2D eigenvalue weighted by molar-refractivity contribution is 5.80. The van der Waals surface area contributed by atoms with Crippen LogP contribution in [0.1, 0.15) is 297 Å². The molecule has 11 nitrogen and oxygen atoms in total. The van der Waals surface area contributed by atoms with Gasteiger partial charge in [0.15, 0.2) is 12.4 Å². The fraction of sp³-hybridized carbons (Fsp3) is 0.737. The Labute approximate surface area is 532 Å². The molecule has 0 aliphatic carbocycles. The van der Waals surface area contributed by atoms with Crippen LogP contribution >= 0.6 is 0 Å². The van der Waals surface area contributed by atoms with Crippen LogP contribution in [0.5, 0.6) is 0 Å². The topological polar surface area (TPSA) is 175 Å². The number of carbonyl (C=O) groups is 2. The molecule has 0 bridgehead atoms. The lowest BCUT2D eigenvalue weighted by molar-refractivity contribution is -0.305. The molecular weight excluding hydrogens is 1090 g/mol. The molecule has 0 aromatic heterocycles. The molecule has 500 valence electrons. The van der Waals surface area contributed by atoms with E-state index < -0.39 is 67.4 Å². The van der Waals surface area contributed by atoms with Gasteiger partial charge in [0, 0.05) is 6.42 Å². The zero-order chi connectivity index (χ0) is 63.1. The Kier molecular flexibility index (Phi) is 58.4. The normalized spacial score (nSPS) is 18.9. The molecule has 0 saturated carbocycles. The van der Waals surface area contributed by atoms with Gasteiger partial charge in [-0.05, 0) is 116 Å².